The number of allylic oxidation sites excluding steroid dienone is 1. The minimum Gasteiger partial charge on any atom is -0.311 e. The van der Waals surface area contributed by atoms with E-state index in [-0.39, 0.29) is 11.7 Å². The molecule has 1 aromatic carbocycles. The molecule has 2 bridgehead atoms. The molecule has 3 rings (SSSR count). The van der Waals surface area contributed by atoms with Crippen LogP contribution in [0.5, 0.6) is 0 Å². The predicted octanol–water partition coefficient (Wildman–Crippen LogP) is 3.19. The van der Waals surface area contributed by atoms with Crippen molar-refractivity contribution in [2.75, 3.05) is 0 Å². The van der Waals surface area contributed by atoms with Crippen LogP contribution in [0.3, 0.4) is 0 Å². The third-order valence-electron chi connectivity index (χ3n) is 4.51. The Kier molecular flexibility index (Phi) is 3.52. The maximum atomic E-state index is 12.6. The number of hydrogen-bond donors (Lipinski definition) is 1. The molecular formula is C17H21NO. The number of ketones is 1. The van der Waals surface area contributed by atoms with E-state index in [1.807, 2.05) is 30.3 Å². The van der Waals surface area contributed by atoms with Crippen molar-refractivity contribution in [1.29, 1.82) is 0 Å². The van der Waals surface area contributed by atoms with E-state index in [0.717, 1.165) is 18.4 Å². The third kappa shape index (κ3) is 2.64. The summed E-state index contributed by atoms with van der Waals surface area (Å²) < 4.78 is 0. The van der Waals surface area contributed by atoms with Crippen molar-refractivity contribution in [2.45, 2.75) is 44.2 Å². The van der Waals surface area contributed by atoms with Crippen molar-refractivity contribution in [1.82, 2.24) is 5.32 Å². The summed E-state index contributed by atoms with van der Waals surface area (Å²) in [5.41, 5.74) is 1.65. The maximum absolute atomic E-state index is 12.6. The summed E-state index contributed by atoms with van der Waals surface area (Å²) in [5.74, 6) is 0.425. The minimum absolute atomic E-state index is 0.171. The molecule has 0 radical (unpaired) electrons. The third-order valence-corrected chi connectivity index (χ3v) is 4.51. The topological polar surface area (TPSA) is 29.1 Å². The molecule has 2 heterocycles. The number of benzene rings is 1. The van der Waals surface area contributed by atoms with Crippen LogP contribution in [0.2, 0.25) is 0 Å². The lowest BCUT2D eigenvalue weighted by Gasteiger charge is -2.40. The Balaban J connectivity index is 1.72. The molecule has 2 atom stereocenters. The summed E-state index contributed by atoms with van der Waals surface area (Å²) in [6.07, 6.45) is 5.72. The average molecular weight is 255 g/mol. The van der Waals surface area contributed by atoms with Crippen LogP contribution in [0.15, 0.2) is 36.9 Å². The largest absolute Gasteiger partial charge is 0.311 e. The summed E-state index contributed by atoms with van der Waals surface area (Å²) in [6, 6.07) is 10.9. The summed E-state index contributed by atoms with van der Waals surface area (Å²) in [6.45, 7) is 4.02. The number of Topliss-reactive ketones (excluding diaryl/α,β-unsaturated/α-hetero) is 1. The zero-order chi connectivity index (χ0) is 13.2. The molecule has 19 heavy (non-hydrogen) atoms. The fourth-order valence-electron chi connectivity index (χ4n) is 3.51. The number of rotatable bonds is 3. The smallest absolute Gasteiger partial charge is 0.166 e. The van der Waals surface area contributed by atoms with E-state index in [2.05, 4.69) is 11.9 Å². The number of fused-ring (bicyclic) bond motifs is 2. The predicted molar refractivity (Wildman–Crippen MR) is 77.8 cm³/mol. The SMILES string of the molecule is C=C(C(=O)C1CC2CCCC(C1)N2)c1ccccc1. The van der Waals surface area contributed by atoms with Crippen molar-refractivity contribution in [2.24, 2.45) is 5.92 Å². The van der Waals surface area contributed by atoms with Crippen molar-refractivity contribution in [3.63, 3.8) is 0 Å². The quantitative estimate of drug-likeness (QED) is 0.840. The molecule has 2 nitrogen and oxygen atoms in total. The Bertz CT molecular complexity index is 467. The van der Waals surface area contributed by atoms with Crippen LogP contribution >= 0.6 is 0 Å². The van der Waals surface area contributed by atoms with Gasteiger partial charge in [-0.05, 0) is 31.2 Å². The van der Waals surface area contributed by atoms with E-state index in [1.165, 1.54) is 19.3 Å². The second-order valence-corrected chi connectivity index (χ2v) is 5.87. The Morgan fingerprint density at radius 2 is 1.74 bits per heavy atom. The molecule has 100 valence electrons. The Morgan fingerprint density at radius 3 is 2.37 bits per heavy atom. The summed E-state index contributed by atoms with van der Waals surface area (Å²) >= 11 is 0. The van der Waals surface area contributed by atoms with Gasteiger partial charge >= 0.3 is 0 Å². The van der Waals surface area contributed by atoms with Crippen LogP contribution in [0.4, 0.5) is 0 Å². The molecule has 0 saturated carbocycles. The monoisotopic (exact) mass is 255 g/mol. The fraction of sp³-hybridized carbons (Fsp3) is 0.471. The van der Waals surface area contributed by atoms with E-state index < -0.39 is 0 Å². The molecule has 2 aliphatic rings. The van der Waals surface area contributed by atoms with Gasteiger partial charge in [-0.15, -0.1) is 0 Å². The molecule has 2 heteroatoms. The molecule has 2 fully saturated rings. The highest BCUT2D eigenvalue weighted by Gasteiger charge is 2.35. The first-order valence-corrected chi connectivity index (χ1v) is 7.28. The second kappa shape index (κ2) is 5.30. The Labute approximate surface area is 114 Å². The first-order chi connectivity index (χ1) is 9.24. The molecule has 0 spiro atoms. The van der Waals surface area contributed by atoms with Gasteiger partial charge in [0.1, 0.15) is 0 Å². The van der Waals surface area contributed by atoms with Crippen LogP contribution in [-0.4, -0.2) is 17.9 Å². The van der Waals surface area contributed by atoms with Crippen LogP contribution in [0.25, 0.3) is 5.57 Å². The molecule has 0 amide bonds. The minimum atomic E-state index is 0.171. The molecule has 0 aromatic heterocycles. The van der Waals surface area contributed by atoms with Crippen molar-refractivity contribution in [3.8, 4) is 0 Å². The van der Waals surface area contributed by atoms with Gasteiger partial charge in [0.05, 0.1) is 0 Å². The van der Waals surface area contributed by atoms with Gasteiger partial charge in [0.25, 0.3) is 0 Å². The lowest BCUT2D eigenvalue weighted by molar-refractivity contribution is -0.119. The van der Waals surface area contributed by atoms with Gasteiger partial charge in [-0.1, -0.05) is 43.3 Å². The number of carbonyl (C=O) groups is 1. The molecule has 1 N–H and O–H groups in total. The zero-order valence-corrected chi connectivity index (χ0v) is 11.3. The van der Waals surface area contributed by atoms with E-state index in [1.54, 1.807) is 0 Å². The van der Waals surface area contributed by atoms with E-state index >= 15 is 0 Å². The normalized spacial score (nSPS) is 29.8. The number of hydrogen-bond acceptors (Lipinski definition) is 2. The highest BCUT2D eigenvalue weighted by molar-refractivity contribution is 6.21. The zero-order valence-electron chi connectivity index (χ0n) is 11.3. The Hall–Kier alpha value is -1.41. The van der Waals surface area contributed by atoms with Crippen molar-refractivity contribution in [3.05, 3.63) is 42.5 Å². The first kappa shape index (κ1) is 12.6. The van der Waals surface area contributed by atoms with Gasteiger partial charge in [0, 0.05) is 23.6 Å². The van der Waals surface area contributed by atoms with Crippen LogP contribution in [-0.2, 0) is 4.79 Å². The van der Waals surface area contributed by atoms with E-state index in [4.69, 9.17) is 0 Å². The average Bonchev–Trinajstić information content (AvgIpc) is 2.46. The maximum Gasteiger partial charge on any atom is 0.166 e. The standard InChI is InChI=1S/C17H21NO/c1-12(13-6-3-2-4-7-13)17(19)14-10-15-8-5-9-16(11-14)18-15/h2-4,6-7,14-16,18H,1,5,8-11H2. The summed E-state index contributed by atoms with van der Waals surface area (Å²) in [7, 11) is 0. The van der Waals surface area contributed by atoms with Crippen LogP contribution in [0, 0.1) is 5.92 Å². The molecular weight excluding hydrogens is 234 g/mol. The van der Waals surface area contributed by atoms with Gasteiger partial charge in [0.15, 0.2) is 5.78 Å². The molecule has 0 aliphatic carbocycles. The van der Waals surface area contributed by atoms with Gasteiger partial charge in [0.2, 0.25) is 0 Å². The van der Waals surface area contributed by atoms with Gasteiger partial charge in [-0.3, -0.25) is 4.79 Å². The molecule has 2 aliphatic heterocycles. The molecule has 1 aromatic rings. The molecule has 2 saturated heterocycles. The van der Waals surface area contributed by atoms with Crippen LogP contribution in [0.1, 0.15) is 37.7 Å². The summed E-state index contributed by atoms with van der Waals surface area (Å²) in [5, 5.41) is 3.63. The highest BCUT2D eigenvalue weighted by Crippen LogP contribution is 2.32. The number of nitrogens with one attached hydrogen (secondary N) is 1. The lowest BCUT2D eigenvalue weighted by Crippen LogP contribution is -2.50. The number of carbonyl (C=O) groups excluding carboxylic acids is 1. The highest BCUT2D eigenvalue weighted by atomic mass is 16.1. The second-order valence-electron chi connectivity index (χ2n) is 5.87. The van der Waals surface area contributed by atoms with Gasteiger partial charge in [-0.2, -0.15) is 0 Å². The van der Waals surface area contributed by atoms with Crippen molar-refractivity contribution >= 4 is 11.4 Å². The van der Waals surface area contributed by atoms with E-state index in [0.29, 0.717) is 17.7 Å². The van der Waals surface area contributed by atoms with E-state index in [9.17, 15) is 4.79 Å². The van der Waals surface area contributed by atoms with Gasteiger partial charge < -0.3 is 5.32 Å². The lowest BCUT2D eigenvalue weighted by atomic mass is 9.76. The number of piperidine rings is 2. The Morgan fingerprint density at radius 1 is 1.11 bits per heavy atom. The van der Waals surface area contributed by atoms with Crippen LogP contribution < -0.4 is 5.32 Å². The first-order valence-electron chi connectivity index (χ1n) is 7.28. The fourth-order valence-corrected chi connectivity index (χ4v) is 3.51. The van der Waals surface area contributed by atoms with Gasteiger partial charge in [-0.25, -0.2) is 0 Å². The molecule has 2 unspecified atom stereocenters. The summed E-state index contributed by atoms with van der Waals surface area (Å²) in [4.78, 5) is 12.6. The van der Waals surface area contributed by atoms with Crippen molar-refractivity contribution < 1.29 is 4.79 Å².